The van der Waals surface area contributed by atoms with Crippen molar-refractivity contribution in [1.82, 2.24) is 0 Å². The van der Waals surface area contributed by atoms with Crippen LogP contribution in [0.25, 0.3) is 0 Å². The van der Waals surface area contributed by atoms with Crippen LogP contribution in [0, 0.1) is 0 Å². The van der Waals surface area contributed by atoms with Gasteiger partial charge in [0.25, 0.3) is 0 Å². The van der Waals surface area contributed by atoms with E-state index < -0.39 is 18.0 Å². The Morgan fingerprint density at radius 3 is 2.53 bits per heavy atom. The van der Waals surface area contributed by atoms with Crippen molar-refractivity contribution in [3.63, 3.8) is 0 Å². The van der Waals surface area contributed by atoms with Crippen LogP contribution in [0.1, 0.15) is 31.2 Å². The van der Waals surface area contributed by atoms with Crippen LogP contribution in [0.3, 0.4) is 0 Å². The number of anilines is 1. The van der Waals surface area contributed by atoms with E-state index in [1.165, 1.54) is 18.2 Å². The number of ether oxygens (including phenoxy) is 1. The van der Waals surface area contributed by atoms with Crippen molar-refractivity contribution in [2.45, 2.75) is 37.7 Å². The summed E-state index contributed by atoms with van der Waals surface area (Å²) in [6.07, 6.45) is 2.49. The second-order valence-electron chi connectivity index (χ2n) is 4.72. The molecule has 0 heterocycles. The Balaban J connectivity index is 2.44. The fourth-order valence-corrected chi connectivity index (χ4v) is 2.70. The van der Waals surface area contributed by atoms with Gasteiger partial charge >= 0.3 is 12.6 Å². The molecule has 1 saturated carbocycles. The Kier molecular flexibility index (Phi) is 3.59. The molecule has 1 aromatic carbocycles. The zero-order valence-electron chi connectivity index (χ0n) is 10.2. The molecule has 2 rings (SSSR count). The van der Waals surface area contributed by atoms with Gasteiger partial charge in [-0.3, -0.25) is 4.79 Å². The molecule has 0 atom stereocenters. The summed E-state index contributed by atoms with van der Waals surface area (Å²) in [6, 6.07) is 4.05. The number of hydrogen-bond donors (Lipinski definition) is 2. The topological polar surface area (TPSA) is 72.5 Å². The number of halogens is 2. The van der Waals surface area contributed by atoms with Crippen molar-refractivity contribution >= 4 is 11.7 Å². The molecule has 0 aromatic heterocycles. The molecule has 1 aliphatic rings. The number of carbonyl (C=O) groups is 1. The van der Waals surface area contributed by atoms with E-state index >= 15 is 0 Å². The van der Waals surface area contributed by atoms with Crippen LogP contribution in [0.5, 0.6) is 5.75 Å². The maximum Gasteiger partial charge on any atom is 0.387 e. The van der Waals surface area contributed by atoms with Crippen molar-refractivity contribution in [2.24, 2.45) is 0 Å². The summed E-state index contributed by atoms with van der Waals surface area (Å²) in [5.74, 6) is -1.03. The molecule has 0 radical (unpaired) electrons. The highest BCUT2D eigenvalue weighted by atomic mass is 19.3. The van der Waals surface area contributed by atoms with Crippen molar-refractivity contribution in [1.29, 1.82) is 0 Å². The average Bonchev–Trinajstić information content (AvgIpc) is 2.81. The highest BCUT2D eigenvalue weighted by Gasteiger charge is 2.44. The van der Waals surface area contributed by atoms with Gasteiger partial charge in [0.1, 0.15) is 5.75 Å². The molecule has 1 fully saturated rings. The summed E-state index contributed by atoms with van der Waals surface area (Å²) in [5, 5.41) is 9.47. The molecule has 0 unspecified atom stereocenters. The van der Waals surface area contributed by atoms with Gasteiger partial charge in [-0.1, -0.05) is 12.8 Å². The molecule has 104 valence electrons. The lowest BCUT2D eigenvalue weighted by Crippen LogP contribution is -2.33. The zero-order valence-corrected chi connectivity index (χ0v) is 10.2. The number of nitrogen functional groups attached to an aromatic ring is 1. The van der Waals surface area contributed by atoms with E-state index in [1.54, 1.807) is 0 Å². The SMILES string of the molecule is Nc1ccc(OC(F)F)cc1C1(C(=O)O)CCCC1. The van der Waals surface area contributed by atoms with Crippen LogP contribution < -0.4 is 10.5 Å². The number of carboxylic acids is 1. The van der Waals surface area contributed by atoms with Crippen molar-refractivity contribution in [3.05, 3.63) is 23.8 Å². The van der Waals surface area contributed by atoms with Gasteiger partial charge in [-0.05, 0) is 36.6 Å². The van der Waals surface area contributed by atoms with Crippen LogP contribution in [0.15, 0.2) is 18.2 Å². The summed E-state index contributed by atoms with van der Waals surface area (Å²) >= 11 is 0. The average molecular weight is 271 g/mol. The number of alkyl halides is 2. The number of benzene rings is 1. The maximum atomic E-state index is 12.2. The summed E-state index contributed by atoms with van der Waals surface area (Å²) in [7, 11) is 0. The summed E-state index contributed by atoms with van der Waals surface area (Å²) in [4.78, 5) is 11.6. The van der Waals surface area contributed by atoms with Gasteiger partial charge in [-0.2, -0.15) is 8.78 Å². The van der Waals surface area contributed by atoms with Crippen molar-refractivity contribution in [2.75, 3.05) is 5.73 Å². The third-order valence-corrected chi connectivity index (χ3v) is 3.63. The minimum Gasteiger partial charge on any atom is -0.481 e. The van der Waals surface area contributed by atoms with E-state index in [0.29, 0.717) is 24.1 Å². The van der Waals surface area contributed by atoms with Crippen LogP contribution in [-0.4, -0.2) is 17.7 Å². The van der Waals surface area contributed by atoms with E-state index in [-0.39, 0.29) is 5.75 Å². The Labute approximate surface area is 109 Å². The Bertz CT molecular complexity index is 485. The second-order valence-corrected chi connectivity index (χ2v) is 4.72. The monoisotopic (exact) mass is 271 g/mol. The van der Waals surface area contributed by atoms with Crippen LogP contribution >= 0.6 is 0 Å². The van der Waals surface area contributed by atoms with Crippen LogP contribution in [-0.2, 0) is 10.2 Å². The highest BCUT2D eigenvalue weighted by Crippen LogP contribution is 2.44. The molecule has 4 nitrogen and oxygen atoms in total. The first-order chi connectivity index (χ1) is 8.95. The third-order valence-electron chi connectivity index (χ3n) is 3.63. The highest BCUT2D eigenvalue weighted by molar-refractivity contribution is 5.84. The second kappa shape index (κ2) is 5.03. The zero-order chi connectivity index (χ0) is 14.0. The molecule has 1 aliphatic carbocycles. The number of nitrogens with two attached hydrogens (primary N) is 1. The summed E-state index contributed by atoms with van der Waals surface area (Å²) in [5.41, 5.74) is 5.41. The number of carboxylic acid groups (broad SMARTS) is 1. The number of hydrogen-bond acceptors (Lipinski definition) is 3. The van der Waals surface area contributed by atoms with Crippen LogP contribution in [0.4, 0.5) is 14.5 Å². The van der Waals surface area contributed by atoms with Crippen molar-refractivity contribution in [3.8, 4) is 5.75 Å². The third kappa shape index (κ3) is 2.47. The molecular weight excluding hydrogens is 256 g/mol. The minimum atomic E-state index is -2.94. The van der Waals surface area contributed by atoms with Gasteiger partial charge in [-0.25, -0.2) is 0 Å². The summed E-state index contributed by atoms with van der Waals surface area (Å²) in [6.45, 7) is -2.94. The van der Waals surface area contributed by atoms with Gasteiger partial charge in [0.15, 0.2) is 0 Å². The van der Waals surface area contributed by atoms with E-state index in [9.17, 15) is 18.7 Å². The normalized spacial score (nSPS) is 17.6. The Morgan fingerprint density at radius 1 is 1.37 bits per heavy atom. The minimum absolute atomic E-state index is 0.0632. The molecule has 0 spiro atoms. The fraction of sp³-hybridized carbons (Fsp3) is 0.462. The summed E-state index contributed by atoms with van der Waals surface area (Å²) < 4.78 is 28.7. The first-order valence-electron chi connectivity index (χ1n) is 6.04. The molecule has 0 saturated heterocycles. The van der Waals surface area contributed by atoms with Crippen molar-refractivity contribution < 1.29 is 23.4 Å². The van der Waals surface area contributed by atoms with Gasteiger partial charge in [0.05, 0.1) is 5.41 Å². The number of rotatable bonds is 4. The van der Waals surface area contributed by atoms with Gasteiger partial charge < -0.3 is 15.6 Å². The van der Waals surface area contributed by atoms with Crippen LogP contribution in [0.2, 0.25) is 0 Å². The molecule has 0 amide bonds. The lowest BCUT2D eigenvalue weighted by atomic mass is 9.78. The standard InChI is InChI=1S/C13H15F2NO3/c14-12(15)19-8-3-4-10(16)9(7-8)13(11(17)18)5-1-2-6-13/h3-4,7,12H,1-2,5-6,16H2,(H,17,18). The van der Waals surface area contributed by atoms with E-state index in [1.807, 2.05) is 0 Å². The molecule has 3 N–H and O–H groups in total. The first kappa shape index (κ1) is 13.6. The largest absolute Gasteiger partial charge is 0.481 e. The molecule has 19 heavy (non-hydrogen) atoms. The lowest BCUT2D eigenvalue weighted by Gasteiger charge is -2.26. The van der Waals surface area contributed by atoms with Gasteiger partial charge in [0.2, 0.25) is 0 Å². The van der Waals surface area contributed by atoms with Gasteiger partial charge in [0, 0.05) is 5.69 Å². The molecule has 0 aliphatic heterocycles. The molecule has 6 heteroatoms. The predicted octanol–water partition coefficient (Wildman–Crippen LogP) is 2.77. The molecular formula is C13H15F2NO3. The van der Waals surface area contributed by atoms with Gasteiger partial charge in [-0.15, -0.1) is 0 Å². The van der Waals surface area contributed by atoms with E-state index in [0.717, 1.165) is 12.8 Å². The van der Waals surface area contributed by atoms with E-state index in [4.69, 9.17) is 5.73 Å². The molecule has 1 aromatic rings. The fourth-order valence-electron chi connectivity index (χ4n) is 2.70. The number of aliphatic carboxylic acids is 1. The lowest BCUT2D eigenvalue weighted by molar-refractivity contribution is -0.143. The maximum absolute atomic E-state index is 12.2. The quantitative estimate of drug-likeness (QED) is 0.826. The van der Waals surface area contributed by atoms with E-state index in [2.05, 4.69) is 4.74 Å². The Morgan fingerprint density at radius 2 is 2.00 bits per heavy atom. The molecule has 0 bridgehead atoms. The predicted molar refractivity (Wildman–Crippen MR) is 65.3 cm³/mol. The first-order valence-corrected chi connectivity index (χ1v) is 6.04. The Hall–Kier alpha value is -1.85. The smallest absolute Gasteiger partial charge is 0.387 e.